The Hall–Kier alpha value is -1.10. The molecule has 102 valence electrons. The molecule has 0 bridgehead atoms. The van der Waals surface area contributed by atoms with Gasteiger partial charge in [-0.05, 0) is 25.7 Å². The Balaban J connectivity index is 1.86. The summed E-state index contributed by atoms with van der Waals surface area (Å²) in [5, 5.41) is 21.9. The quantitative estimate of drug-likeness (QED) is 0.697. The molecule has 5 heteroatoms. The van der Waals surface area contributed by atoms with E-state index in [2.05, 4.69) is 5.32 Å². The van der Waals surface area contributed by atoms with Crippen molar-refractivity contribution in [2.45, 2.75) is 50.5 Å². The van der Waals surface area contributed by atoms with E-state index in [9.17, 15) is 14.7 Å². The van der Waals surface area contributed by atoms with E-state index >= 15 is 0 Å². The Bertz CT molecular complexity index is 336. The zero-order valence-electron chi connectivity index (χ0n) is 10.5. The molecular weight excluding hydrogens is 234 g/mol. The average Bonchev–Trinajstić information content (AvgIpc) is 2.95. The predicted octanol–water partition coefficient (Wildman–Crippen LogP) is 0.909. The van der Waals surface area contributed by atoms with Gasteiger partial charge in [-0.25, -0.2) is 0 Å². The number of aliphatic hydroxyl groups is 1. The van der Waals surface area contributed by atoms with Gasteiger partial charge in [0.1, 0.15) is 0 Å². The SMILES string of the molecule is O=C(O)C1CCCC1C(=O)NCC1(O)CCCC1. The molecule has 0 saturated heterocycles. The summed E-state index contributed by atoms with van der Waals surface area (Å²) in [6.07, 6.45) is 5.44. The highest BCUT2D eigenvalue weighted by atomic mass is 16.4. The summed E-state index contributed by atoms with van der Waals surface area (Å²) in [6.45, 7) is 0.259. The summed E-state index contributed by atoms with van der Waals surface area (Å²) in [5.41, 5.74) is -0.771. The number of carbonyl (C=O) groups excluding carboxylic acids is 1. The molecule has 0 aromatic rings. The van der Waals surface area contributed by atoms with Crippen molar-refractivity contribution in [3.8, 4) is 0 Å². The molecule has 0 radical (unpaired) electrons. The van der Waals surface area contributed by atoms with Gasteiger partial charge in [0.15, 0.2) is 0 Å². The second kappa shape index (κ2) is 5.26. The molecule has 0 aliphatic heterocycles. The van der Waals surface area contributed by atoms with Gasteiger partial charge in [-0.2, -0.15) is 0 Å². The third-order valence-electron chi connectivity index (χ3n) is 4.30. The number of carboxylic acid groups (broad SMARTS) is 1. The second-order valence-electron chi connectivity index (χ2n) is 5.63. The fourth-order valence-electron chi connectivity index (χ4n) is 3.16. The fourth-order valence-corrected chi connectivity index (χ4v) is 3.16. The third kappa shape index (κ3) is 2.83. The normalized spacial score (nSPS) is 30.3. The van der Waals surface area contributed by atoms with Crippen molar-refractivity contribution >= 4 is 11.9 Å². The Morgan fingerprint density at radius 1 is 1.11 bits per heavy atom. The lowest BCUT2D eigenvalue weighted by Gasteiger charge is -2.24. The van der Waals surface area contributed by atoms with Crippen molar-refractivity contribution in [3.05, 3.63) is 0 Å². The van der Waals surface area contributed by atoms with Gasteiger partial charge in [0.25, 0.3) is 0 Å². The summed E-state index contributed by atoms with van der Waals surface area (Å²) >= 11 is 0. The maximum absolute atomic E-state index is 12.0. The minimum absolute atomic E-state index is 0.208. The van der Waals surface area contributed by atoms with E-state index in [1.165, 1.54) is 0 Å². The summed E-state index contributed by atoms with van der Waals surface area (Å²) in [4.78, 5) is 23.0. The Morgan fingerprint density at radius 3 is 2.33 bits per heavy atom. The van der Waals surface area contributed by atoms with E-state index in [-0.39, 0.29) is 12.5 Å². The molecular formula is C13H21NO4. The highest BCUT2D eigenvalue weighted by molar-refractivity contribution is 5.85. The van der Waals surface area contributed by atoms with Crippen LogP contribution < -0.4 is 5.32 Å². The van der Waals surface area contributed by atoms with Gasteiger partial charge in [0, 0.05) is 6.54 Å². The van der Waals surface area contributed by atoms with Crippen LogP contribution in [0.2, 0.25) is 0 Å². The number of amides is 1. The van der Waals surface area contributed by atoms with E-state index in [0.717, 1.165) is 32.1 Å². The topological polar surface area (TPSA) is 86.6 Å². The van der Waals surface area contributed by atoms with E-state index in [4.69, 9.17) is 5.11 Å². The molecule has 2 atom stereocenters. The van der Waals surface area contributed by atoms with Crippen LogP contribution in [-0.4, -0.2) is 34.2 Å². The first-order valence-corrected chi connectivity index (χ1v) is 6.75. The molecule has 0 aromatic heterocycles. The molecule has 2 aliphatic carbocycles. The predicted molar refractivity (Wildman–Crippen MR) is 64.9 cm³/mol. The summed E-state index contributed by atoms with van der Waals surface area (Å²) in [6, 6.07) is 0. The monoisotopic (exact) mass is 255 g/mol. The molecule has 0 spiro atoms. The molecule has 0 aromatic carbocycles. The van der Waals surface area contributed by atoms with Crippen molar-refractivity contribution in [2.24, 2.45) is 11.8 Å². The van der Waals surface area contributed by atoms with Crippen molar-refractivity contribution in [1.29, 1.82) is 0 Å². The minimum Gasteiger partial charge on any atom is -0.481 e. The number of rotatable bonds is 4. The summed E-state index contributed by atoms with van der Waals surface area (Å²) in [5.74, 6) is -2.07. The Labute approximate surface area is 107 Å². The smallest absolute Gasteiger partial charge is 0.307 e. The summed E-state index contributed by atoms with van der Waals surface area (Å²) in [7, 11) is 0. The first-order valence-electron chi connectivity index (χ1n) is 6.75. The third-order valence-corrected chi connectivity index (χ3v) is 4.30. The van der Waals surface area contributed by atoms with Crippen molar-refractivity contribution in [1.82, 2.24) is 5.32 Å². The zero-order valence-corrected chi connectivity index (χ0v) is 10.5. The van der Waals surface area contributed by atoms with Crippen molar-refractivity contribution in [2.75, 3.05) is 6.54 Å². The molecule has 2 fully saturated rings. The molecule has 2 rings (SSSR count). The fraction of sp³-hybridized carbons (Fsp3) is 0.846. The van der Waals surface area contributed by atoms with Crippen molar-refractivity contribution < 1.29 is 19.8 Å². The van der Waals surface area contributed by atoms with Gasteiger partial charge in [-0.15, -0.1) is 0 Å². The maximum atomic E-state index is 12.0. The van der Waals surface area contributed by atoms with E-state index in [1.54, 1.807) is 0 Å². The molecule has 3 N–H and O–H groups in total. The number of carbonyl (C=O) groups is 2. The van der Waals surface area contributed by atoms with Crippen molar-refractivity contribution in [3.63, 3.8) is 0 Å². The molecule has 2 unspecified atom stereocenters. The number of nitrogens with one attached hydrogen (secondary N) is 1. The lowest BCUT2D eigenvalue weighted by Crippen LogP contribution is -2.44. The van der Waals surface area contributed by atoms with E-state index in [0.29, 0.717) is 12.8 Å². The van der Waals surface area contributed by atoms with Gasteiger partial charge in [-0.1, -0.05) is 19.3 Å². The Kier molecular flexibility index (Phi) is 3.90. The molecule has 2 saturated carbocycles. The number of hydrogen-bond acceptors (Lipinski definition) is 3. The molecule has 0 heterocycles. The second-order valence-corrected chi connectivity index (χ2v) is 5.63. The van der Waals surface area contributed by atoms with Gasteiger partial charge in [-0.3, -0.25) is 9.59 Å². The Morgan fingerprint density at radius 2 is 1.72 bits per heavy atom. The first-order chi connectivity index (χ1) is 8.52. The van der Waals surface area contributed by atoms with Crippen LogP contribution in [0.3, 0.4) is 0 Å². The molecule has 5 nitrogen and oxygen atoms in total. The van der Waals surface area contributed by atoms with E-state index < -0.39 is 23.4 Å². The maximum Gasteiger partial charge on any atom is 0.307 e. The van der Waals surface area contributed by atoms with Gasteiger partial charge in [0.2, 0.25) is 5.91 Å². The molecule has 2 aliphatic rings. The first kappa shape index (κ1) is 13.3. The van der Waals surface area contributed by atoms with Gasteiger partial charge >= 0.3 is 5.97 Å². The number of carboxylic acids is 1. The highest BCUT2D eigenvalue weighted by Crippen LogP contribution is 2.33. The highest BCUT2D eigenvalue weighted by Gasteiger charge is 2.39. The van der Waals surface area contributed by atoms with Crippen LogP contribution >= 0.6 is 0 Å². The van der Waals surface area contributed by atoms with Crippen LogP contribution in [0.4, 0.5) is 0 Å². The number of hydrogen-bond donors (Lipinski definition) is 3. The van der Waals surface area contributed by atoms with Crippen LogP contribution in [0.25, 0.3) is 0 Å². The standard InChI is InChI=1S/C13H21NO4/c15-11(9-4-3-5-10(9)12(16)17)14-8-13(18)6-1-2-7-13/h9-10,18H,1-8H2,(H,14,15)(H,16,17). The van der Waals surface area contributed by atoms with Gasteiger partial charge < -0.3 is 15.5 Å². The number of aliphatic carboxylic acids is 1. The van der Waals surface area contributed by atoms with Crippen LogP contribution in [-0.2, 0) is 9.59 Å². The molecule has 18 heavy (non-hydrogen) atoms. The lowest BCUT2D eigenvalue weighted by atomic mass is 9.94. The largest absolute Gasteiger partial charge is 0.481 e. The zero-order chi connectivity index (χ0) is 13.2. The van der Waals surface area contributed by atoms with Crippen LogP contribution in [0.15, 0.2) is 0 Å². The summed E-state index contributed by atoms with van der Waals surface area (Å²) < 4.78 is 0. The van der Waals surface area contributed by atoms with Crippen LogP contribution in [0.5, 0.6) is 0 Å². The minimum atomic E-state index is -0.882. The molecule has 1 amide bonds. The lowest BCUT2D eigenvalue weighted by molar-refractivity contribution is -0.146. The van der Waals surface area contributed by atoms with E-state index in [1.807, 2.05) is 0 Å². The van der Waals surface area contributed by atoms with Crippen LogP contribution in [0, 0.1) is 11.8 Å². The average molecular weight is 255 g/mol. The van der Waals surface area contributed by atoms with Gasteiger partial charge in [0.05, 0.1) is 17.4 Å². The van der Waals surface area contributed by atoms with Crippen LogP contribution in [0.1, 0.15) is 44.9 Å².